The minimum atomic E-state index is 0.142. The minimum Gasteiger partial charge on any atom is -0.366 e. The van der Waals surface area contributed by atoms with Gasteiger partial charge in [0.25, 0.3) is 0 Å². The van der Waals surface area contributed by atoms with Crippen LogP contribution in [0, 0.1) is 0 Å². The maximum absolute atomic E-state index is 3.49. The van der Waals surface area contributed by atoms with E-state index in [4.69, 9.17) is 0 Å². The predicted octanol–water partition coefficient (Wildman–Crippen LogP) is 5.80. The molecular formula is C21H28N2. The fraction of sp³-hybridized carbons (Fsp3) is 0.429. The Morgan fingerprint density at radius 2 is 1.39 bits per heavy atom. The van der Waals surface area contributed by atoms with E-state index in [1.807, 2.05) is 0 Å². The number of para-hydroxylation sites is 2. The van der Waals surface area contributed by atoms with Gasteiger partial charge in [-0.2, -0.15) is 0 Å². The molecule has 2 nitrogen and oxygen atoms in total. The van der Waals surface area contributed by atoms with E-state index in [9.17, 15) is 0 Å². The summed E-state index contributed by atoms with van der Waals surface area (Å²) in [5.41, 5.74) is 6.82. The highest BCUT2D eigenvalue weighted by Crippen LogP contribution is 2.40. The van der Waals surface area contributed by atoms with E-state index >= 15 is 0 Å². The van der Waals surface area contributed by atoms with Crippen LogP contribution in [-0.4, -0.2) is 6.67 Å². The van der Waals surface area contributed by atoms with Crippen LogP contribution in [0.2, 0.25) is 0 Å². The molecule has 0 fully saturated rings. The van der Waals surface area contributed by atoms with Crippen molar-refractivity contribution in [3.8, 4) is 0 Å². The quantitative estimate of drug-likeness (QED) is 0.716. The summed E-state index contributed by atoms with van der Waals surface area (Å²) in [7, 11) is 0. The third kappa shape index (κ3) is 3.08. The van der Waals surface area contributed by atoms with Crippen LogP contribution in [0.15, 0.2) is 42.5 Å². The lowest BCUT2D eigenvalue weighted by Crippen LogP contribution is -2.21. The summed E-state index contributed by atoms with van der Waals surface area (Å²) in [6.45, 7) is 14.5. The molecule has 122 valence electrons. The number of hydrogen-bond donors (Lipinski definition) is 1. The van der Waals surface area contributed by atoms with Crippen molar-refractivity contribution in [3.63, 3.8) is 0 Å². The summed E-state index contributed by atoms with van der Waals surface area (Å²) in [4.78, 5) is 2.37. The standard InChI is InChI=1S/C21H28N2/c1-20(2,3)15-11-16(21(4,5)6)13-17(12-15)23-14-22-18-9-7-8-10-19(18)23/h7-13,22H,14H2,1-6H3. The molecule has 2 heteroatoms. The van der Waals surface area contributed by atoms with Crippen LogP contribution in [0.3, 0.4) is 0 Å². The summed E-state index contributed by atoms with van der Waals surface area (Å²) in [5, 5.41) is 3.49. The maximum atomic E-state index is 3.49. The molecule has 23 heavy (non-hydrogen) atoms. The van der Waals surface area contributed by atoms with E-state index in [1.165, 1.54) is 28.2 Å². The van der Waals surface area contributed by atoms with E-state index in [0.717, 1.165) is 6.67 Å². The zero-order valence-electron chi connectivity index (χ0n) is 15.2. The Balaban J connectivity index is 2.13. The first-order chi connectivity index (χ1) is 10.7. The molecule has 0 unspecified atom stereocenters. The number of anilines is 3. The highest BCUT2D eigenvalue weighted by Gasteiger charge is 2.25. The maximum Gasteiger partial charge on any atom is 0.0926 e. The van der Waals surface area contributed by atoms with Crippen molar-refractivity contribution in [2.24, 2.45) is 0 Å². The topological polar surface area (TPSA) is 15.3 Å². The number of nitrogens with one attached hydrogen (secondary N) is 1. The second kappa shape index (κ2) is 5.30. The summed E-state index contributed by atoms with van der Waals surface area (Å²) < 4.78 is 0. The molecule has 3 rings (SSSR count). The smallest absolute Gasteiger partial charge is 0.0926 e. The molecule has 2 aromatic carbocycles. The van der Waals surface area contributed by atoms with Crippen LogP contribution in [0.4, 0.5) is 17.1 Å². The second-order valence-electron chi connectivity index (χ2n) is 8.55. The van der Waals surface area contributed by atoms with Crippen molar-refractivity contribution in [3.05, 3.63) is 53.6 Å². The van der Waals surface area contributed by atoms with E-state index < -0.39 is 0 Å². The largest absolute Gasteiger partial charge is 0.366 e. The van der Waals surface area contributed by atoms with Crippen molar-refractivity contribution in [2.75, 3.05) is 16.9 Å². The van der Waals surface area contributed by atoms with Crippen molar-refractivity contribution in [1.29, 1.82) is 0 Å². The lowest BCUT2D eigenvalue weighted by Gasteiger charge is -2.29. The summed E-state index contributed by atoms with van der Waals surface area (Å²) in [6.07, 6.45) is 0. The van der Waals surface area contributed by atoms with Crippen molar-refractivity contribution >= 4 is 17.1 Å². The minimum absolute atomic E-state index is 0.142. The molecule has 1 N–H and O–H groups in total. The van der Waals surface area contributed by atoms with Gasteiger partial charge in [-0.05, 0) is 46.2 Å². The first-order valence-electron chi connectivity index (χ1n) is 8.43. The summed E-state index contributed by atoms with van der Waals surface area (Å²) in [5.74, 6) is 0. The number of fused-ring (bicyclic) bond motifs is 1. The monoisotopic (exact) mass is 308 g/mol. The van der Waals surface area contributed by atoms with Gasteiger partial charge in [0.15, 0.2) is 0 Å². The van der Waals surface area contributed by atoms with E-state index in [1.54, 1.807) is 0 Å². The Morgan fingerprint density at radius 1 is 0.826 bits per heavy atom. The number of benzene rings is 2. The molecular weight excluding hydrogens is 280 g/mol. The molecule has 1 heterocycles. The second-order valence-corrected chi connectivity index (χ2v) is 8.55. The molecule has 0 aliphatic carbocycles. The van der Waals surface area contributed by atoms with Crippen molar-refractivity contribution in [1.82, 2.24) is 0 Å². The Hall–Kier alpha value is -1.96. The molecule has 0 amide bonds. The normalized spacial score (nSPS) is 14.6. The van der Waals surface area contributed by atoms with Crippen LogP contribution in [-0.2, 0) is 10.8 Å². The van der Waals surface area contributed by atoms with Crippen LogP contribution < -0.4 is 10.2 Å². The van der Waals surface area contributed by atoms with Gasteiger partial charge in [-0.3, -0.25) is 0 Å². The molecule has 0 saturated carbocycles. The van der Waals surface area contributed by atoms with Gasteiger partial charge < -0.3 is 10.2 Å². The molecule has 2 aromatic rings. The van der Waals surface area contributed by atoms with Gasteiger partial charge in [0.2, 0.25) is 0 Å². The van der Waals surface area contributed by atoms with Gasteiger partial charge in [-0.1, -0.05) is 59.7 Å². The Morgan fingerprint density at radius 3 is 1.96 bits per heavy atom. The zero-order valence-corrected chi connectivity index (χ0v) is 15.2. The molecule has 0 bridgehead atoms. The van der Waals surface area contributed by atoms with Crippen molar-refractivity contribution in [2.45, 2.75) is 52.4 Å². The van der Waals surface area contributed by atoms with Gasteiger partial charge in [0, 0.05) is 5.69 Å². The SMILES string of the molecule is CC(C)(C)c1cc(N2CNc3ccccc32)cc(C(C)(C)C)c1. The average Bonchev–Trinajstić information content (AvgIpc) is 2.89. The van der Waals surface area contributed by atoms with Crippen LogP contribution >= 0.6 is 0 Å². The molecule has 1 aliphatic rings. The fourth-order valence-corrected chi connectivity index (χ4v) is 2.97. The predicted molar refractivity (Wildman–Crippen MR) is 101 cm³/mol. The van der Waals surface area contributed by atoms with Gasteiger partial charge in [0.05, 0.1) is 18.0 Å². The molecule has 0 aromatic heterocycles. The third-order valence-electron chi connectivity index (χ3n) is 4.58. The van der Waals surface area contributed by atoms with E-state index in [0.29, 0.717) is 0 Å². The molecule has 0 radical (unpaired) electrons. The molecule has 0 saturated heterocycles. The van der Waals surface area contributed by atoms with E-state index in [-0.39, 0.29) is 10.8 Å². The molecule has 0 atom stereocenters. The van der Waals surface area contributed by atoms with Gasteiger partial charge >= 0.3 is 0 Å². The first kappa shape index (κ1) is 15.9. The summed E-state index contributed by atoms with van der Waals surface area (Å²) >= 11 is 0. The Kier molecular flexibility index (Phi) is 3.66. The van der Waals surface area contributed by atoms with E-state index in [2.05, 4.69) is 94.2 Å². The highest BCUT2D eigenvalue weighted by atomic mass is 15.3. The number of hydrogen-bond acceptors (Lipinski definition) is 2. The zero-order chi connectivity index (χ0) is 16.8. The van der Waals surface area contributed by atoms with Crippen molar-refractivity contribution < 1.29 is 0 Å². The Labute approximate surface area is 140 Å². The van der Waals surface area contributed by atoms with Crippen LogP contribution in [0.1, 0.15) is 52.7 Å². The number of rotatable bonds is 1. The lowest BCUT2D eigenvalue weighted by atomic mass is 9.80. The Bertz CT molecular complexity index is 685. The first-order valence-corrected chi connectivity index (χ1v) is 8.43. The average molecular weight is 308 g/mol. The number of nitrogens with zero attached hydrogens (tertiary/aromatic N) is 1. The molecule has 1 aliphatic heterocycles. The van der Waals surface area contributed by atoms with Gasteiger partial charge in [-0.25, -0.2) is 0 Å². The van der Waals surface area contributed by atoms with Crippen LogP contribution in [0.25, 0.3) is 0 Å². The highest BCUT2D eigenvalue weighted by molar-refractivity contribution is 5.81. The third-order valence-corrected chi connectivity index (χ3v) is 4.58. The molecule has 0 spiro atoms. The fourth-order valence-electron chi connectivity index (χ4n) is 2.97. The van der Waals surface area contributed by atoms with Gasteiger partial charge in [0.1, 0.15) is 0 Å². The summed E-state index contributed by atoms with van der Waals surface area (Å²) in [6, 6.07) is 15.6. The van der Waals surface area contributed by atoms with Crippen LogP contribution in [0.5, 0.6) is 0 Å². The lowest BCUT2D eigenvalue weighted by molar-refractivity contribution is 0.568. The van der Waals surface area contributed by atoms with Gasteiger partial charge in [-0.15, -0.1) is 0 Å².